The Morgan fingerprint density at radius 3 is 2.21 bits per heavy atom. The number of hydrogen-bond acceptors (Lipinski definition) is 2. The van der Waals surface area contributed by atoms with Crippen molar-refractivity contribution in [3.63, 3.8) is 0 Å². The minimum absolute atomic E-state index is 0.0800. The number of ether oxygens (including phenoxy) is 1. The van der Waals surface area contributed by atoms with Gasteiger partial charge in [-0.05, 0) is 47.7 Å². The third-order valence-electron chi connectivity index (χ3n) is 3.78. The van der Waals surface area contributed by atoms with Crippen LogP contribution in [0, 0.1) is 5.82 Å². The normalized spacial score (nSPS) is 12.5. The van der Waals surface area contributed by atoms with Crippen LogP contribution in [0.1, 0.15) is 38.8 Å². The lowest BCUT2D eigenvalue weighted by atomic mass is 9.87. The molecule has 0 spiro atoms. The van der Waals surface area contributed by atoms with Crippen LogP contribution in [-0.2, 0) is 16.8 Å². The van der Waals surface area contributed by atoms with Gasteiger partial charge in [-0.15, -0.1) is 0 Å². The molecule has 0 aliphatic heterocycles. The standard InChI is InChI=1S/C20H24FNO2/c1-14(19(23)22-13-15-5-9-17(21)10-6-15)24-18-11-7-16(8-12-18)20(2,3)4/h5-12,14H,13H2,1-4H3,(H,22,23). The largest absolute Gasteiger partial charge is 0.481 e. The molecule has 0 radical (unpaired) electrons. The fraction of sp³-hybridized carbons (Fsp3) is 0.350. The van der Waals surface area contributed by atoms with E-state index in [0.717, 1.165) is 5.56 Å². The Kier molecular flexibility index (Phi) is 5.60. The second-order valence-corrected chi connectivity index (χ2v) is 6.88. The second kappa shape index (κ2) is 7.47. The lowest BCUT2D eigenvalue weighted by Crippen LogP contribution is -2.35. The SMILES string of the molecule is CC(Oc1ccc(C(C)(C)C)cc1)C(=O)NCc1ccc(F)cc1. The van der Waals surface area contributed by atoms with Crippen LogP contribution in [0.2, 0.25) is 0 Å². The minimum atomic E-state index is -0.606. The molecule has 128 valence electrons. The molecule has 0 saturated carbocycles. The van der Waals surface area contributed by atoms with Crippen LogP contribution in [0.25, 0.3) is 0 Å². The molecule has 0 fully saturated rings. The summed E-state index contributed by atoms with van der Waals surface area (Å²) in [5.74, 6) is 0.159. The van der Waals surface area contributed by atoms with Gasteiger partial charge in [0.15, 0.2) is 6.10 Å². The van der Waals surface area contributed by atoms with E-state index in [1.807, 2.05) is 24.3 Å². The van der Waals surface area contributed by atoms with Crippen molar-refractivity contribution >= 4 is 5.91 Å². The lowest BCUT2D eigenvalue weighted by Gasteiger charge is -2.20. The van der Waals surface area contributed by atoms with Crippen molar-refractivity contribution in [2.45, 2.75) is 45.8 Å². The van der Waals surface area contributed by atoms with Gasteiger partial charge in [-0.3, -0.25) is 4.79 Å². The molecule has 4 heteroatoms. The van der Waals surface area contributed by atoms with Crippen LogP contribution in [-0.4, -0.2) is 12.0 Å². The first-order valence-electron chi connectivity index (χ1n) is 8.05. The van der Waals surface area contributed by atoms with E-state index >= 15 is 0 Å². The first-order chi connectivity index (χ1) is 11.3. The predicted octanol–water partition coefficient (Wildman–Crippen LogP) is 4.21. The smallest absolute Gasteiger partial charge is 0.261 e. The molecule has 2 aromatic carbocycles. The molecule has 1 unspecified atom stereocenters. The number of hydrogen-bond donors (Lipinski definition) is 1. The molecule has 0 heterocycles. The van der Waals surface area contributed by atoms with Crippen molar-refractivity contribution in [3.8, 4) is 5.75 Å². The molecule has 0 aromatic heterocycles. The number of benzene rings is 2. The van der Waals surface area contributed by atoms with Crippen molar-refractivity contribution < 1.29 is 13.9 Å². The van der Waals surface area contributed by atoms with Gasteiger partial charge >= 0.3 is 0 Å². The first-order valence-corrected chi connectivity index (χ1v) is 8.05. The van der Waals surface area contributed by atoms with Gasteiger partial charge in [0.2, 0.25) is 0 Å². The molecule has 2 aromatic rings. The summed E-state index contributed by atoms with van der Waals surface area (Å²) in [7, 11) is 0. The Bertz CT molecular complexity index is 672. The van der Waals surface area contributed by atoms with E-state index in [9.17, 15) is 9.18 Å². The van der Waals surface area contributed by atoms with E-state index in [1.54, 1.807) is 19.1 Å². The molecular weight excluding hydrogens is 305 g/mol. The number of rotatable bonds is 5. The maximum atomic E-state index is 12.9. The topological polar surface area (TPSA) is 38.3 Å². The summed E-state index contributed by atoms with van der Waals surface area (Å²) in [5, 5.41) is 2.79. The van der Waals surface area contributed by atoms with Gasteiger partial charge in [-0.2, -0.15) is 0 Å². The quantitative estimate of drug-likeness (QED) is 0.892. The summed E-state index contributed by atoms with van der Waals surface area (Å²) in [4.78, 5) is 12.1. The second-order valence-electron chi connectivity index (χ2n) is 6.88. The molecular formula is C20H24FNO2. The van der Waals surface area contributed by atoms with E-state index in [-0.39, 0.29) is 17.1 Å². The van der Waals surface area contributed by atoms with Gasteiger partial charge < -0.3 is 10.1 Å². The maximum Gasteiger partial charge on any atom is 0.261 e. The van der Waals surface area contributed by atoms with Gasteiger partial charge in [0.1, 0.15) is 11.6 Å². The van der Waals surface area contributed by atoms with Gasteiger partial charge in [-0.1, -0.05) is 45.0 Å². The Morgan fingerprint density at radius 1 is 1.08 bits per heavy atom. The summed E-state index contributed by atoms with van der Waals surface area (Å²) in [5.41, 5.74) is 2.13. The van der Waals surface area contributed by atoms with E-state index in [0.29, 0.717) is 12.3 Å². The van der Waals surface area contributed by atoms with Crippen LogP contribution >= 0.6 is 0 Å². The van der Waals surface area contributed by atoms with Crippen molar-refractivity contribution in [2.24, 2.45) is 0 Å². The average Bonchev–Trinajstić information content (AvgIpc) is 2.53. The van der Waals surface area contributed by atoms with E-state index in [4.69, 9.17) is 4.74 Å². The summed E-state index contributed by atoms with van der Waals surface area (Å²) in [6.45, 7) is 8.49. The number of halogens is 1. The number of carbonyl (C=O) groups is 1. The molecule has 0 bridgehead atoms. The highest BCUT2D eigenvalue weighted by molar-refractivity contribution is 5.80. The molecule has 1 N–H and O–H groups in total. The van der Waals surface area contributed by atoms with Crippen molar-refractivity contribution in [2.75, 3.05) is 0 Å². The minimum Gasteiger partial charge on any atom is -0.481 e. The zero-order valence-corrected chi connectivity index (χ0v) is 14.6. The first kappa shape index (κ1) is 18.0. The fourth-order valence-electron chi connectivity index (χ4n) is 2.23. The lowest BCUT2D eigenvalue weighted by molar-refractivity contribution is -0.127. The number of carbonyl (C=O) groups excluding carboxylic acids is 1. The number of nitrogens with one attached hydrogen (secondary N) is 1. The summed E-state index contributed by atoms with van der Waals surface area (Å²) in [6, 6.07) is 13.8. The molecule has 0 aliphatic rings. The van der Waals surface area contributed by atoms with Crippen LogP contribution in [0.4, 0.5) is 4.39 Å². The Balaban J connectivity index is 1.88. The van der Waals surface area contributed by atoms with Gasteiger partial charge in [0.05, 0.1) is 0 Å². The summed E-state index contributed by atoms with van der Waals surface area (Å²) in [6.07, 6.45) is -0.606. The molecule has 1 atom stereocenters. The van der Waals surface area contributed by atoms with Crippen molar-refractivity contribution in [1.29, 1.82) is 0 Å². The third kappa shape index (κ3) is 5.08. The molecule has 3 nitrogen and oxygen atoms in total. The van der Waals surface area contributed by atoms with Crippen molar-refractivity contribution in [3.05, 3.63) is 65.5 Å². The van der Waals surface area contributed by atoms with Gasteiger partial charge in [0, 0.05) is 6.54 Å². The average molecular weight is 329 g/mol. The fourth-order valence-corrected chi connectivity index (χ4v) is 2.23. The highest BCUT2D eigenvalue weighted by atomic mass is 19.1. The highest BCUT2D eigenvalue weighted by Gasteiger charge is 2.16. The zero-order chi connectivity index (χ0) is 17.7. The van der Waals surface area contributed by atoms with E-state index in [1.165, 1.54) is 17.7 Å². The highest BCUT2D eigenvalue weighted by Crippen LogP contribution is 2.24. The molecule has 2 rings (SSSR count). The van der Waals surface area contributed by atoms with E-state index in [2.05, 4.69) is 26.1 Å². The predicted molar refractivity (Wildman–Crippen MR) is 93.5 cm³/mol. The van der Waals surface area contributed by atoms with E-state index < -0.39 is 6.10 Å². The molecule has 1 amide bonds. The Hall–Kier alpha value is -2.36. The molecule has 0 saturated heterocycles. The maximum absolute atomic E-state index is 12.9. The molecule has 0 aliphatic carbocycles. The zero-order valence-electron chi connectivity index (χ0n) is 14.6. The van der Waals surface area contributed by atoms with Gasteiger partial charge in [-0.25, -0.2) is 4.39 Å². The van der Waals surface area contributed by atoms with Crippen LogP contribution < -0.4 is 10.1 Å². The summed E-state index contributed by atoms with van der Waals surface area (Å²) >= 11 is 0. The van der Waals surface area contributed by atoms with Gasteiger partial charge in [0.25, 0.3) is 5.91 Å². The summed E-state index contributed by atoms with van der Waals surface area (Å²) < 4.78 is 18.5. The van der Waals surface area contributed by atoms with Crippen molar-refractivity contribution in [1.82, 2.24) is 5.32 Å². The van der Waals surface area contributed by atoms with Crippen LogP contribution in [0.5, 0.6) is 5.75 Å². The monoisotopic (exact) mass is 329 g/mol. The number of amides is 1. The third-order valence-corrected chi connectivity index (χ3v) is 3.78. The Labute approximate surface area is 142 Å². The Morgan fingerprint density at radius 2 is 1.67 bits per heavy atom. The van der Waals surface area contributed by atoms with Crippen LogP contribution in [0.15, 0.2) is 48.5 Å². The molecule has 24 heavy (non-hydrogen) atoms. The van der Waals surface area contributed by atoms with Crippen LogP contribution in [0.3, 0.4) is 0 Å².